The van der Waals surface area contributed by atoms with Crippen LogP contribution in [0.1, 0.15) is 61.8 Å². The maximum Gasteiger partial charge on any atom is 0.0787 e. The van der Waals surface area contributed by atoms with Gasteiger partial charge >= 0.3 is 0 Å². The van der Waals surface area contributed by atoms with Crippen molar-refractivity contribution in [3.05, 3.63) is 0 Å². The van der Waals surface area contributed by atoms with Gasteiger partial charge in [-0.1, -0.05) is 0 Å². The van der Waals surface area contributed by atoms with Crippen molar-refractivity contribution in [1.82, 2.24) is 5.32 Å². The molecule has 1 saturated heterocycles. The molecule has 0 amide bonds. The zero-order valence-electron chi connectivity index (χ0n) is 12.6. The molecule has 0 radical (unpaired) electrons. The van der Waals surface area contributed by atoms with Crippen molar-refractivity contribution in [2.45, 2.75) is 90.2 Å². The van der Waals surface area contributed by atoms with E-state index in [0.717, 1.165) is 6.42 Å². The molecule has 1 aliphatic heterocycles. The highest BCUT2D eigenvalue weighted by Gasteiger charge is 2.49. The first-order chi connectivity index (χ1) is 7.27. The van der Waals surface area contributed by atoms with Crippen molar-refractivity contribution in [2.75, 3.05) is 0 Å². The van der Waals surface area contributed by atoms with Crippen LogP contribution in [0.2, 0.25) is 0 Å². The van der Waals surface area contributed by atoms with Crippen LogP contribution < -0.4 is 5.32 Å². The Morgan fingerprint density at radius 2 is 1.59 bits per heavy atom. The Morgan fingerprint density at radius 1 is 1.12 bits per heavy atom. The van der Waals surface area contributed by atoms with E-state index in [4.69, 9.17) is 4.74 Å². The molecule has 0 aromatic carbocycles. The minimum atomic E-state index is -0.768. The molecule has 0 saturated carbocycles. The summed E-state index contributed by atoms with van der Waals surface area (Å²) in [6.45, 7) is 16.2. The standard InChI is InChI=1S/C14H29NO2/c1-11(2)9-10(12(3,4)17-11)15-13(5,6)14(7,8)16/h10,15-16H,9H2,1-8H3. The highest BCUT2D eigenvalue weighted by Crippen LogP contribution is 2.39. The van der Waals surface area contributed by atoms with Crippen LogP contribution in [0.5, 0.6) is 0 Å². The first-order valence-corrected chi connectivity index (χ1v) is 6.47. The molecular formula is C14H29NO2. The van der Waals surface area contributed by atoms with Gasteiger partial charge in [-0.05, 0) is 61.8 Å². The Balaban J connectivity index is 2.83. The third kappa shape index (κ3) is 3.21. The normalized spacial score (nSPS) is 28.4. The summed E-state index contributed by atoms with van der Waals surface area (Å²) < 4.78 is 6.06. The minimum absolute atomic E-state index is 0.100. The second kappa shape index (κ2) is 3.94. The topological polar surface area (TPSA) is 41.5 Å². The first-order valence-electron chi connectivity index (χ1n) is 6.47. The molecule has 3 nitrogen and oxygen atoms in total. The minimum Gasteiger partial charge on any atom is -0.389 e. The molecule has 0 aromatic rings. The molecule has 1 heterocycles. The Kier molecular flexibility index (Phi) is 3.46. The molecule has 1 rings (SSSR count). The Morgan fingerprint density at radius 3 is 1.88 bits per heavy atom. The summed E-state index contributed by atoms with van der Waals surface area (Å²) in [5.41, 5.74) is -1.42. The van der Waals surface area contributed by atoms with Crippen LogP contribution in [0.4, 0.5) is 0 Å². The number of nitrogens with one attached hydrogen (secondary N) is 1. The van der Waals surface area contributed by atoms with Crippen LogP contribution >= 0.6 is 0 Å². The second-order valence-corrected chi connectivity index (χ2v) is 7.55. The van der Waals surface area contributed by atoms with E-state index < -0.39 is 5.60 Å². The summed E-state index contributed by atoms with van der Waals surface area (Å²) in [5, 5.41) is 13.8. The highest BCUT2D eigenvalue weighted by atomic mass is 16.5. The van der Waals surface area contributed by atoms with Crippen LogP contribution in [0.3, 0.4) is 0 Å². The van der Waals surface area contributed by atoms with E-state index in [1.54, 1.807) is 0 Å². The number of rotatable bonds is 3. The molecule has 1 aliphatic rings. The molecule has 1 unspecified atom stereocenters. The molecule has 17 heavy (non-hydrogen) atoms. The van der Waals surface area contributed by atoms with Gasteiger partial charge in [0.25, 0.3) is 0 Å². The van der Waals surface area contributed by atoms with Gasteiger partial charge in [-0.25, -0.2) is 0 Å². The maximum atomic E-state index is 10.2. The van der Waals surface area contributed by atoms with Gasteiger partial charge in [0, 0.05) is 11.6 Å². The summed E-state index contributed by atoms with van der Waals surface area (Å²) in [6.07, 6.45) is 0.958. The lowest BCUT2D eigenvalue weighted by atomic mass is 9.83. The number of hydrogen-bond acceptors (Lipinski definition) is 3. The van der Waals surface area contributed by atoms with E-state index in [1.165, 1.54) is 0 Å². The van der Waals surface area contributed by atoms with E-state index in [2.05, 4.69) is 33.0 Å². The van der Waals surface area contributed by atoms with Gasteiger partial charge in [-0.2, -0.15) is 0 Å². The number of hydrogen-bond donors (Lipinski definition) is 2. The predicted molar refractivity (Wildman–Crippen MR) is 71.2 cm³/mol. The summed E-state index contributed by atoms with van der Waals surface area (Å²) in [7, 11) is 0. The fourth-order valence-electron chi connectivity index (χ4n) is 2.40. The Bertz CT molecular complexity index is 287. The summed E-state index contributed by atoms with van der Waals surface area (Å²) >= 11 is 0. The maximum absolute atomic E-state index is 10.2. The van der Waals surface area contributed by atoms with Gasteiger partial charge in [0.15, 0.2) is 0 Å². The third-order valence-electron chi connectivity index (χ3n) is 4.14. The van der Waals surface area contributed by atoms with E-state index in [1.807, 2.05) is 27.7 Å². The van der Waals surface area contributed by atoms with Crippen LogP contribution in [0, 0.1) is 0 Å². The molecular weight excluding hydrogens is 214 g/mol. The third-order valence-corrected chi connectivity index (χ3v) is 4.14. The molecule has 1 fully saturated rings. The first kappa shape index (κ1) is 14.9. The smallest absolute Gasteiger partial charge is 0.0787 e. The van der Waals surface area contributed by atoms with E-state index in [-0.39, 0.29) is 22.8 Å². The van der Waals surface area contributed by atoms with Gasteiger partial charge in [-0.3, -0.25) is 0 Å². The molecule has 2 N–H and O–H groups in total. The SMILES string of the molecule is CC1(C)CC(NC(C)(C)C(C)(C)O)C(C)(C)O1. The fraction of sp³-hybridized carbons (Fsp3) is 1.00. The van der Waals surface area contributed by atoms with Gasteiger partial charge < -0.3 is 15.2 Å². The molecule has 0 aromatic heterocycles. The fourth-order valence-corrected chi connectivity index (χ4v) is 2.40. The highest BCUT2D eigenvalue weighted by molar-refractivity contribution is 5.04. The summed E-state index contributed by atoms with van der Waals surface area (Å²) in [6, 6.07) is 0.249. The predicted octanol–water partition coefficient (Wildman–Crippen LogP) is 2.47. The molecule has 3 heteroatoms. The van der Waals surface area contributed by atoms with Gasteiger partial charge in [0.2, 0.25) is 0 Å². The van der Waals surface area contributed by atoms with Gasteiger partial charge in [-0.15, -0.1) is 0 Å². The molecule has 1 atom stereocenters. The number of aliphatic hydroxyl groups is 1. The molecule has 0 spiro atoms. The van der Waals surface area contributed by atoms with Gasteiger partial charge in [0.05, 0.1) is 16.8 Å². The monoisotopic (exact) mass is 243 g/mol. The molecule has 0 bridgehead atoms. The van der Waals surface area contributed by atoms with Gasteiger partial charge in [0.1, 0.15) is 0 Å². The van der Waals surface area contributed by atoms with Crippen LogP contribution in [-0.4, -0.2) is 33.5 Å². The lowest BCUT2D eigenvalue weighted by Gasteiger charge is -2.42. The number of ether oxygens (including phenoxy) is 1. The van der Waals surface area contributed by atoms with Crippen molar-refractivity contribution in [1.29, 1.82) is 0 Å². The average molecular weight is 243 g/mol. The van der Waals surface area contributed by atoms with Crippen molar-refractivity contribution < 1.29 is 9.84 Å². The lowest BCUT2D eigenvalue weighted by Crippen LogP contribution is -2.62. The average Bonchev–Trinajstić information content (AvgIpc) is 2.15. The van der Waals surface area contributed by atoms with Crippen molar-refractivity contribution in [2.24, 2.45) is 0 Å². The van der Waals surface area contributed by atoms with E-state index in [0.29, 0.717) is 0 Å². The second-order valence-electron chi connectivity index (χ2n) is 7.55. The van der Waals surface area contributed by atoms with Crippen LogP contribution in [0.15, 0.2) is 0 Å². The van der Waals surface area contributed by atoms with Crippen molar-refractivity contribution in [3.63, 3.8) is 0 Å². The van der Waals surface area contributed by atoms with E-state index in [9.17, 15) is 5.11 Å². The van der Waals surface area contributed by atoms with Crippen molar-refractivity contribution >= 4 is 0 Å². The van der Waals surface area contributed by atoms with E-state index >= 15 is 0 Å². The largest absolute Gasteiger partial charge is 0.389 e. The van der Waals surface area contributed by atoms with Crippen LogP contribution in [-0.2, 0) is 4.74 Å². The Labute approximate surface area is 106 Å². The summed E-state index contributed by atoms with van der Waals surface area (Å²) in [4.78, 5) is 0. The Hall–Kier alpha value is -0.120. The zero-order valence-corrected chi connectivity index (χ0v) is 12.6. The molecule has 0 aliphatic carbocycles. The van der Waals surface area contributed by atoms with Crippen molar-refractivity contribution in [3.8, 4) is 0 Å². The zero-order chi connectivity index (χ0) is 13.7. The molecule has 102 valence electrons. The lowest BCUT2D eigenvalue weighted by molar-refractivity contribution is -0.0770. The van der Waals surface area contributed by atoms with Crippen LogP contribution in [0.25, 0.3) is 0 Å². The quantitative estimate of drug-likeness (QED) is 0.800. The summed E-state index contributed by atoms with van der Waals surface area (Å²) in [5.74, 6) is 0.